The van der Waals surface area contributed by atoms with Crippen molar-refractivity contribution in [2.45, 2.75) is 0 Å². The van der Waals surface area contributed by atoms with Gasteiger partial charge in [-0.05, 0) is 12.1 Å². The zero-order chi connectivity index (χ0) is 10.4. The Bertz CT molecular complexity index is 426. The number of hydrogen-bond acceptors (Lipinski definition) is 2. The Morgan fingerprint density at radius 2 is 2.29 bits per heavy atom. The van der Waals surface area contributed by atoms with Gasteiger partial charge in [-0.25, -0.2) is 6.57 Å². The molecule has 0 spiro atoms. The molecule has 14 heavy (non-hydrogen) atoms. The SMILES string of the molecule is [C-]#[N+]CC(=O)Nc1ccccc1C#N. The van der Waals surface area contributed by atoms with Crippen LogP contribution in [0.1, 0.15) is 5.56 Å². The Morgan fingerprint density at radius 1 is 1.57 bits per heavy atom. The van der Waals surface area contributed by atoms with Crippen LogP contribution in [0.2, 0.25) is 0 Å². The molecule has 1 aromatic carbocycles. The largest absolute Gasteiger partial charge is 0.318 e. The highest BCUT2D eigenvalue weighted by Gasteiger charge is 2.06. The first-order chi connectivity index (χ1) is 6.77. The predicted molar refractivity (Wildman–Crippen MR) is 51.3 cm³/mol. The van der Waals surface area contributed by atoms with Crippen LogP contribution in [-0.4, -0.2) is 12.5 Å². The number of benzene rings is 1. The van der Waals surface area contributed by atoms with E-state index in [0.29, 0.717) is 11.3 Å². The average molecular weight is 185 g/mol. The van der Waals surface area contributed by atoms with Crippen molar-refractivity contribution in [2.75, 3.05) is 11.9 Å². The number of rotatable bonds is 2. The van der Waals surface area contributed by atoms with Crippen molar-refractivity contribution >= 4 is 11.6 Å². The molecule has 68 valence electrons. The highest BCUT2D eigenvalue weighted by molar-refractivity contribution is 5.94. The van der Waals surface area contributed by atoms with Gasteiger partial charge in [0.2, 0.25) is 0 Å². The molecule has 0 atom stereocenters. The molecule has 0 unspecified atom stereocenters. The van der Waals surface area contributed by atoms with Crippen LogP contribution in [0.5, 0.6) is 0 Å². The van der Waals surface area contributed by atoms with Gasteiger partial charge >= 0.3 is 5.91 Å². The molecule has 0 aromatic heterocycles. The van der Waals surface area contributed by atoms with Gasteiger partial charge in [0.1, 0.15) is 6.07 Å². The Balaban J connectivity index is 2.83. The van der Waals surface area contributed by atoms with Crippen LogP contribution >= 0.6 is 0 Å². The quantitative estimate of drug-likeness (QED) is 0.708. The van der Waals surface area contributed by atoms with E-state index in [2.05, 4.69) is 10.2 Å². The fourth-order valence-corrected chi connectivity index (χ4v) is 0.951. The lowest BCUT2D eigenvalue weighted by molar-refractivity contribution is -0.114. The van der Waals surface area contributed by atoms with Crippen LogP contribution in [0.4, 0.5) is 5.69 Å². The summed E-state index contributed by atoms with van der Waals surface area (Å²) >= 11 is 0. The van der Waals surface area contributed by atoms with Crippen molar-refractivity contribution in [3.8, 4) is 6.07 Å². The van der Waals surface area contributed by atoms with E-state index in [-0.39, 0.29) is 6.54 Å². The van der Waals surface area contributed by atoms with Crippen molar-refractivity contribution in [3.05, 3.63) is 41.2 Å². The third kappa shape index (κ3) is 2.33. The smallest absolute Gasteiger partial charge is 0.304 e. The topological polar surface area (TPSA) is 57.2 Å². The summed E-state index contributed by atoms with van der Waals surface area (Å²) in [6.45, 7) is 6.27. The van der Waals surface area contributed by atoms with Crippen molar-refractivity contribution in [1.29, 1.82) is 5.26 Å². The number of amides is 1. The van der Waals surface area contributed by atoms with E-state index < -0.39 is 5.91 Å². The molecule has 0 bridgehead atoms. The lowest BCUT2D eigenvalue weighted by atomic mass is 10.2. The second-order valence-electron chi connectivity index (χ2n) is 2.52. The minimum absolute atomic E-state index is 0.222. The molecule has 0 radical (unpaired) electrons. The van der Waals surface area contributed by atoms with Crippen LogP contribution in [-0.2, 0) is 4.79 Å². The van der Waals surface area contributed by atoms with E-state index in [9.17, 15) is 4.79 Å². The van der Waals surface area contributed by atoms with Gasteiger partial charge in [-0.1, -0.05) is 12.1 Å². The second-order valence-corrected chi connectivity index (χ2v) is 2.52. The Labute approximate surface area is 81.6 Å². The first kappa shape index (κ1) is 9.76. The Morgan fingerprint density at radius 3 is 2.93 bits per heavy atom. The summed E-state index contributed by atoms with van der Waals surface area (Å²) in [5.41, 5.74) is 0.842. The fraction of sp³-hybridized carbons (Fsp3) is 0.100. The molecule has 0 fully saturated rings. The molecule has 4 heteroatoms. The van der Waals surface area contributed by atoms with Gasteiger partial charge in [0.05, 0.1) is 11.3 Å². The number of nitrogens with one attached hydrogen (secondary N) is 1. The predicted octanol–water partition coefficient (Wildman–Crippen LogP) is 1.42. The van der Waals surface area contributed by atoms with Crippen molar-refractivity contribution in [1.82, 2.24) is 0 Å². The number of nitrogens with zero attached hydrogens (tertiary/aromatic N) is 2. The second kappa shape index (κ2) is 4.64. The molecule has 1 N–H and O–H groups in total. The van der Waals surface area contributed by atoms with Crippen LogP contribution < -0.4 is 5.32 Å². The third-order valence-electron chi connectivity index (χ3n) is 1.54. The van der Waals surface area contributed by atoms with Gasteiger partial charge in [0, 0.05) is 0 Å². The summed E-state index contributed by atoms with van der Waals surface area (Å²) in [4.78, 5) is 14.0. The molecule has 1 rings (SSSR count). The number of carbonyl (C=O) groups excluding carboxylic acids is 1. The lowest BCUT2D eigenvalue weighted by Crippen LogP contribution is -2.14. The van der Waals surface area contributed by atoms with Gasteiger partial charge in [-0.3, -0.25) is 4.79 Å². The minimum Gasteiger partial charge on any atom is -0.318 e. The molecule has 0 aliphatic carbocycles. The maximum Gasteiger partial charge on any atom is 0.304 e. The molecule has 1 amide bonds. The Kier molecular flexibility index (Phi) is 3.23. The van der Waals surface area contributed by atoms with E-state index in [0.717, 1.165) is 0 Å². The minimum atomic E-state index is -0.400. The normalized spacial score (nSPS) is 8.43. The van der Waals surface area contributed by atoms with E-state index in [1.165, 1.54) is 0 Å². The summed E-state index contributed by atoms with van der Waals surface area (Å²) in [6, 6.07) is 8.61. The molecule has 0 saturated heterocycles. The van der Waals surface area contributed by atoms with Crippen molar-refractivity contribution < 1.29 is 4.79 Å². The van der Waals surface area contributed by atoms with Crippen LogP contribution in [0.25, 0.3) is 4.85 Å². The first-order valence-corrected chi connectivity index (χ1v) is 3.90. The first-order valence-electron chi connectivity index (χ1n) is 3.90. The molecule has 4 nitrogen and oxygen atoms in total. The van der Waals surface area contributed by atoms with Crippen molar-refractivity contribution in [3.63, 3.8) is 0 Å². The molecular weight excluding hydrogens is 178 g/mol. The number of carbonyl (C=O) groups is 1. The van der Waals surface area contributed by atoms with E-state index >= 15 is 0 Å². The highest BCUT2D eigenvalue weighted by atomic mass is 16.1. The van der Waals surface area contributed by atoms with E-state index in [4.69, 9.17) is 11.8 Å². The summed E-state index contributed by atoms with van der Waals surface area (Å²) < 4.78 is 0. The van der Waals surface area contributed by atoms with E-state index in [1.54, 1.807) is 24.3 Å². The number of nitriles is 1. The molecule has 0 aliphatic heterocycles. The fourth-order valence-electron chi connectivity index (χ4n) is 0.951. The molecule has 0 saturated carbocycles. The number of anilines is 1. The highest BCUT2D eigenvalue weighted by Crippen LogP contribution is 2.12. The summed E-state index contributed by atoms with van der Waals surface area (Å²) in [5.74, 6) is -0.400. The van der Waals surface area contributed by atoms with Crippen LogP contribution in [0.3, 0.4) is 0 Å². The van der Waals surface area contributed by atoms with Crippen LogP contribution in [0.15, 0.2) is 24.3 Å². The summed E-state index contributed by atoms with van der Waals surface area (Å²) in [6.07, 6.45) is 0. The van der Waals surface area contributed by atoms with Gasteiger partial charge in [-0.15, -0.1) is 0 Å². The Hall–Kier alpha value is -2.33. The number of hydrogen-bond donors (Lipinski definition) is 1. The third-order valence-corrected chi connectivity index (χ3v) is 1.54. The van der Waals surface area contributed by atoms with Gasteiger partial charge in [-0.2, -0.15) is 5.26 Å². The van der Waals surface area contributed by atoms with Crippen molar-refractivity contribution in [2.24, 2.45) is 0 Å². The maximum atomic E-state index is 11.0. The number of para-hydroxylation sites is 1. The molecule has 0 heterocycles. The maximum absolute atomic E-state index is 11.0. The summed E-state index contributed by atoms with van der Waals surface area (Å²) in [7, 11) is 0. The van der Waals surface area contributed by atoms with Gasteiger partial charge in [0.25, 0.3) is 6.54 Å². The molecular formula is C10H7N3O. The lowest BCUT2D eigenvalue weighted by Gasteiger charge is -2.02. The average Bonchev–Trinajstić information content (AvgIpc) is 2.19. The molecule has 1 aromatic rings. The van der Waals surface area contributed by atoms with Crippen LogP contribution in [0, 0.1) is 17.9 Å². The zero-order valence-electron chi connectivity index (χ0n) is 7.32. The standard InChI is InChI=1S/C10H7N3O/c1-12-7-10(14)13-9-5-3-2-4-8(9)6-11/h2-5H,7H2,(H,13,14). The molecule has 0 aliphatic rings. The van der Waals surface area contributed by atoms with Gasteiger partial charge < -0.3 is 10.2 Å². The monoisotopic (exact) mass is 185 g/mol. The summed E-state index contributed by atoms with van der Waals surface area (Å²) in [5, 5.41) is 11.2. The van der Waals surface area contributed by atoms with E-state index in [1.807, 2.05) is 6.07 Å². The van der Waals surface area contributed by atoms with Gasteiger partial charge in [0.15, 0.2) is 0 Å². The zero-order valence-corrected chi connectivity index (χ0v) is 7.32.